The number of esters is 1. The number of ketones is 1. The molecule has 2 aliphatic carbocycles. The Morgan fingerprint density at radius 3 is 2.57 bits per heavy atom. The van der Waals surface area contributed by atoms with Crippen molar-refractivity contribution < 1.29 is 54.9 Å². The highest BCUT2D eigenvalue weighted by Gasteiger charge is 2.64. The van der Waals surface area contributed by atoms with E-state index in [2.05, 4.69) is 10.6 Å². The van der Waals surface area contributed by atoms with Crippen LogP contribution in [0.5, 0.6) is 0 Å². The zero-order valence-electron chi connectivity index (χ0n) is 34.2. The zero-order valence-corrected chi connectivity index (χ0v) is 34.2. The van der Waals surface area contributed by atoms with Gasteiger partial charge in [-0.2, -0.15) is 0 Å². The number of aliphatic hydroxyl groups excluding tert-OH is 4. The van der Waals surface area contributed by atoms with Crippen molar-refractivity contribution in [1.29, 1.82) is 0 Å². The fourth-order valence-electron chi connectivity index (χ4n) is 11.9. The first kappa shape index (κ1) is 44.0. The number of piperidine rings is 2. The predicted molar refractivity (Wildman–Crippen MR) is 208 cm³/mol. The molecular weight excluding hydrogens is 718 g/mol. The van der Waals surface area contributed by atoms with E-state index in [-0.39, 0.29) is 61.4 Å². The highest BCUT2D eigenvalue weighted by molar-refractivity contribution is 5.88. The quantitative estimate of drug-likeness (QED) is 0.0762. The Morgan fingerprint density at radius 1 is 1.11 bits per heavy atom. The lowest BCUT2D eigenvalue weighted by molar-refractivity contribution is -0.703. The van der Waals surface area contributed by atoms with E-state index < -0.39 is 65.9 Å². The normalized spacial score (nSPS) is 43.3. The van der Waals surface area contributed by atoms with Gasteiger partial charge in [-0.1, -0.05) is 12.5 Å². The maximum atomic E-state index is 14.2. The van der Waals surface area contributed by atoms with Crippen molar-refractivity contribution in [3.05, 3.63) is 11.6 Å². The number of hydrogen-bond acceptors (Lipinski definition) is 12. The molecule has 4 heterocycles. The van der Waals surface area contributed by atoms with E-state index in [0.29, 0.717) is 50.3 Å². The average Bonchev–Trinajstić information content (AvgIpc) is 3.18. The second kappa shape index (κ2) is 19.7. The smallest absolute Gasteiger partial charge is 0.339 e. The van der Waals surface area contributed by atoms with E-state index in [1.165, 1.54) is 0 Å². The van der Waals surface area contributed by atoms with Crippen molar-refractivity contribution in [3.8, 4) is 0 Å². The molecule has 0 aromatic carbocycles. The molecule has 6 rings (SSSR count). The third-order valence-corrected chi connectivity index (χ3v) is 15.0. The molecule has 13 unspecified atom stereocenters. The van der Waals surface area contributed by atoms with Crippen LogP contribution in [0.4, 0.5) is 0 Å². The van der Waals surface area contributed by atoms with Gasteiger partial charge in [0.05, 0.1) is 67.9 Å². The number of nitrogens with two attached hydrogens (primary N) is 4. The van der Waals surface area contributed by atoms with Gasteiger partial charge in [0.1, 0.15) is 30.2 Å². The Morgan fingerprint density at radius 2 is 1.91 bits per heavy atom. The van der Waals surface area contributed by atoms with Crippen molar-refractivity contribution >= 4 is 11.8 Å². The molecule has 14 heteroatoms. The third-order valence-electron chi connectivity index (χ3n) is 15.0. The molecule has 6 aliphatic rings. The lowest BCUT2D eigenvalue weighted by Crippen LogP contribution is -2.95. The first-order valence-corrected chi connectivity index (χ1v) is 22.1. The first-order valence-electron chi connectivity index (χ1n) is 22.1. The number of rotatable bonds is 14. The molecule has 4 saturated heterocycles. The molecule has 6 fully saturated rings. The minimum atomic E-state index is -1.12. The molecule has 17 atom stereocenters. The molecule has 0 aromatic rings. The van der Waals surface area contributed by atoms with E-state index in [1.54, 1.807) is 6.08 Å². The number of hydrogen-bond donors (Lipinski definition) is 9. The molecule has 2 saturated carbocycles. The van der Waals surface area contributed by atoms with Gasteiger partial charge in [-0.25, -0.2) is 4.79 Å². The van der Waals surface area contributed by atoms with Crippen LogP contribution < -0.4 is 27.4 Å². The van der Waals surface area contributed by atoms with Crippen LogP contribution >= 0.6 is 0 Å². The fraction of sp³-hybridized carbons (Fsp3) is 0.905. The molecule has 0 radical (unpaired) electrons. The second-order valence-corrected chi connectivity index (χ2v) is 18.5. The summed E-state index contributed by atoms with van der Waals surface area (Å²) in [5, 5.41) is 52.8. The number of carbonyl (C=O) groups excluding carboxylic acids is 2. The van der Waals surface area contributed by atoms with Gasteiger partial charge < -0.3 is 56.3 Å². The van der Waals surface area contributed by atoms with Gasteiger partial charge in [0.25, 0.3) is 0 Å². The van der Waals surface area contributed by atoms with Gasteiger partial charge in [0, 0.05) is 37.2 Å². The summed E-state index contributed by atoms with van der Waals surface area (Å²) in [6.45, 7) is 8.42. The maximum absolute atomic E-state index is 14.2. The van der Waals surface area contributed by atoms with Gasteiger partial charge in [-0.15, -0.1) is 0 Å². The van der Waals surface area contributed by atoms with Crippen LogP contribution in [0.2, 0.25) is 0 Å². The Balaban J connectivity index is 1.43. The number of aliphatic hydroxyl groups is 4. The molecule has 0 bridgehead atoms. The number of quaternary nitrogens is 2. The highest BCUT2D eigenvalue weighted by Crippen LogP contribution is 2.56. The van der Waals surface area contributed by atoms with Crippen molar-refractivity contribution in [1.82, 2.24) is 5.32 Å². The fourth-order valence-corrected chi connectivity index (χ4v) is 11.9. The summed E-state index contributed by atoms with van der Waals surface area (Å²) in [6, 6.07) is 0. The third kappa shape index (κ3) is 9.73. The number of nitrogens with one attached hydrogen (secondary N) is 1. The summed E-state index contributed by atoms with van der Waals surface area (Å²) in [7, 11) is 0. The summed E-state index contributed by atoms with van der Waals surface area (Å²) in [4.78, 5) is 28.1. The molecule has 0 spiro atoms. The van der Waals surface area contributed by atoms with Gasteiger partial charge in [-0.3, -0.25) is 10.5 Å². The molecule has 4 aliphatic heterocycles. The summed E-state index contributed by atoms with van der Waals surface area (Å²) >= 11 is 0. The van der Waals surface area contributed by atoms with Gasteiger partial charge >= 0.3 is 5.97 Å². The summed E-state index contributed by atoms with van der Waals surface area (Å²) < 4.78 is 20.7. The number of fused-ring (bicyclic) bond motifs is 2. The van der Waals surface area contributed by atoms with Crippen LogP contribution in [0, 0.1) is 47.3 Å². The largest absolute Gasteiger partial charge is 0.456 e. The van der Waals surface area contributed by atoms with Crippen LogP contribution in [0.25, 0.3) is 0 Å². The molecule has 56 heavy (non-hydrogen) atoms. The molecule has 0 aromatic heterocycles. The zero-order chi connectivity index (χ0) is 40.1. The SMILES string of the molecule is CC=C(C[NH2+]CC)C(=O)O[C@H]1CC2C(O)C3C(=O)CC(CO)OC3C([C@@H](C3CCNC(N)C3)[C@H](CO)C3CCCC(O)C3)C2O[C@@]1(C)CCC1CCC(N)[NH2+]C1. The predicted octanol–water partition coefficient (Wildman–Crippen LogP) is -0.984. The summed E-state index contributed by atoms with van der Waals surface area (Å²) in [6.07, 6.45) is 5.51. The second-order valence-electron chi connectivity index (χ2n) is 18.5. The van der Waals surface area contributed by atoms with Crippen molar-refractivity contribution in [3.63, 3.8) is 0 Å². The molecule has 13 N–H and O–H groups in total. The van der Waals surface area contributed by atoms with E-state index in [1.807, 2.05) is 26.1 Å². The highest BCUT2D eigenvalue weighted by atomic mass is 16.6. The number of Topliss-reactive ketones (excluding diaryl/α,β-unsaturated/α-hetero) is 1. The molecule has 14 nitrogen and oxygen atoms in total. The summed E-state index contributed by atoms with van der Waals surface area (Å²) in [5.41, 5.74) is 12.5. The number of ether oxygens (including phenoxy) is 3. The topological polar surface area (TPSA) is 240 Å². The lowest BCUT2D eigenvalue weighted by atomic mass is 9.53. The van der Waals surface area contributed by atoms with E-state index in [0.717, 1.165) is 58.0 Å². The minimum Gasteiger partial charge on any atom is -0.456 e. The number of likely N-dealkylation sites (N-methyl/N-ethyl adjacent to an activating group) is 1. The monoisotopic (exact) mass is 794 g/mol. The Hall–Kier alpha value is -1.56. The van der Waals surface area contributed by atoms with Gasteiger partial charge in [-0.05, 0) is 109 Å². The summed E-state index contributed by atoms with van der Waals surface area (Å²) in [5.74, 6) is -2.39. The van der Waals surface area contributed by atoms with E-state index in [4.69, 9.17) is 25.7 Å². The van der Waals surface area contributed by atoms with Crippen LogP contribution in [0.3, 0.4) is 0 Å². The number of allylic oxidation sites excluding steroid dienone is 1. The molecular formula is C42H75N5O9+2. The average molecular weight is 794 g/mol. The standard InChI is InChI=1S/C42H73N5O9/c1-4-24(20-45-5-2)41(53)55-32-18-29-38(52)36-31(51)17-28(21-48)54-40(36)37(39(29)56-42(32,3)13-11-23-9-10-33(43)47-19-23)35(26-12-14-46-34(44)16-26)30(22-49)25-7-6-8-27(50)15-25/h4,23,25-30,32-40,45-50,52H,5-22,43-44H2,1-3H3/p+2/t23?,25?,26?,27?,28?,29?,30-,32+,33?,34?,35+,36?,37?,38?,39?,40?,42+/m1/s1. The van der Waals surface area contributed by atoms with Gasteiger partial charge in [0.15, 0.2) is 0 Å². The minimum absolute atomic E-state index is 0.00238. The van der Waals surface area contributed by atoms with Crippen molar-refractivity contribution in [2.24, 2.45) is 58.8 Å². The van der Waals surface area contributed by atoms with Gasteiger partial charge in [0.2, 0.25) is 0 Å². The molecule has 320 valence electrons. The first-order chi connectivity index (χ1) is 26.9. The Labute approximate surface area is 333 Å². The molecule has 0 amide bonds. The van der Waals surface area contributed by atoms with Crippen LogP contribution in [-0.2, 0) is 23.8 Å². The lowest BCUT2D eigenvalue weighted by Gasteiger charge is -2.61. The van der Waals surface area contributed by atoms with E-state index in [9.17, 15) is 30.0 Å². The number of carbonyl (C=O) groups is 2. The van der Waals surface area contributed by atoms with Crippen molar-refractivity contribution in [2.45, 2.75) is 152 Å². The van der Waals surface area contributed by atoms with Crippen LogP contribution in [0.15, 0.2) is 11.6 Å². The van der Waals surface area contributed by atoms with Crippen molar-refractivity contribution in [2.75, 3.05) is 39.4 Å². The Kier molecular flexibility index (Phi) is 15.5. The van der Waals surface area contributed by atoms with E-state index >= 15 is 0 Å². The maximum Gasteiger partial charge on any atom is 0.339 e. The van der Waals surface area contributed by atoms with Crippen LogP contribution in [-0.4, -0.2) is 126 Å². The Bertz CT molecular complexity index is 1330. The van der Waals surface area contributed by atoms with Crippen LogP contribution in [0.1, 0.15) is 97.8 Å².